The lowest BCUT2D eigenvalue weighted by atomic mass is 9.43. The standard InChI is InChI=1S/C29H47NO4/c1-17(2)8-6-9-19(27(32)33)26-23-14-12-20-21(29(23,5)16-25(26)34-18(3)31)11-13-22-24(30)10-7-15-28(20,22)4/h17,20-25H,6-16,30H2,1-5H3,(H,32,33)/b26-19-/t20-,21?,22?,23?,24+,25+,28-,29-/m1/s1. The van der Waals surface area contributed by atoms with Gasteiger partial charge in [-0.1, -0.05) is 40.5 Å². The average Bonchev–Trinajstić information content (AvgIpc) is 3.01. The fourth-order valence-electron chi connectivity index (χ4n) is 9.18. The van der Waals surface area contributed by atoms with Gasteiger partial charge in [0.05, 0.1) is 0 Å². The van der Waals surface area contributed by atoms with E-state index in [9.17, 15) is 14.7 Å². The van der Waals surface area contributed by atoms with Gasteiger partial charge in [-0.15, -0.1) is 0 Å². The van der Waals surface area contributed by atoms with Crippen LogP contribution in [0.3, 0.4) is 0 Å². The average molecular weight is 474 g/mol. The Hall–Kier alpha value is -1.36. The molecule has 0 aromatic rings. The minimum atomic E-state index is -0.823. The van der Waals surface area contributed by atoms with Gasteiger partial charge in [-0.05, 0) is 104 Å². The lowest BCUT2D eigenvalue weighted by Gasteiger charge is -2.62. The van der Waals surface area contributed by atoms with Crippen LogP contribution in [-0.2, 0) is 14.3 Å². The molecule has 4 fully saturated rings. The molecule has 0 radical (unpaired) electrons. The second-order valence-corrected chi connectivity index (χ2v) is 12.9. The Bertz CT molecular complexity index is 834. The maximum absolute atomic E-state index is 12.5. The summed E-state index contributed by atoms with van der Waals surface area (Å²) in [5.41, 5.74) is 8.38. The predicted molar refractivity (Wildman–Crippen MR) is 134 cm³/mol. The van der Waals surface area contributed by atoms with Crippen LogP contribution in [0.1, 0.15) is 105 Å². The minimum absolute atomic E-state index is 0.0212. The Morgan fingerprint density at radius 1 is 1.06 bits per heavy atom. The van der Waals surface area contributed by atoms with Gasteiger partial charge < -0.3 is 15.6 Å². The molecule has 34 heavy (non-hydrogen) atoms. The summed E-state index contributed by atoms with van der Waals surface area (Å²) in [7, 11) is 0. The second kappa shape index (κ2) is 9.59. The molecule has 5 nitrogen and oxygen atoms in total. The van der Waals surface area contributed by atoms with Gasteiger partial charge in [0.2, 0.25) is 0 Å². The van der Waals surface area contributed by atoms with Crippen LogP contribution in [0.5, 0.6) is 0 Å². The smallest absolute Gasteiger partial charge is 0.331 e. The first-order chi connectivity index (χ1) is 16.0. The summed E-state index contributed by atoms with van der Waals surface area (Å²) in [5.74, 6) is 1.39. The molecule has 5 heteroatoms. The van der Waals surface area contributed by atoms with Crippen LogP contribution in [0.25, 0.3) is 0 Å². The second-order valence-electron chi connectivity index (χ2n) is 12.9. The van der Waals surface area contributed by atoms with E-state index in [-0.39, 0.29) is 22.7 Å². The Labute approximate surface area is 206 Å². The largest absolute Gasteiger partial charge is 0.478 e. The number of hydrogen-bond acceptors (Lipinski definition) is 4. The molecule has 4 aliphatic rings. The Morgan fingerprint density at radius 3 is 2.35 bits per heavy atom. The highest BCUT2D eigenvalue weighted by Crippen LogP contribution is 2.68. The third kappa shape index (κ3) is 4.35. The Kier molecular flexibility index (Phi) is 7.26. The number of carbonyl (C=O) groups is 2. The number of aliphatic carboxylic acids is 1. The monoisotopic (exact) mass is 473 g/mol. The molecule has 4 rings (SSSR count). The van der Waals surface area contributed by atoms with Crippen molar-refractivity contribution in [2.45, 2.75) is 117 Å². The molecule has 4 aliphatic carbocycles. The zero-order chi connectivity index (χ0) is 24.8. The summed E-state index contributed by atoms with van der Waals surface area (Å²) in [4.78, 5) is 24.6. The molecule has 0 bridgehead atoms. The van der Waals surface area contributed by atoms with E-state index >= 15 is 0 Å². The SMILES string of the molecule is CC(=O)O[C@H]1C[C@@]2(C)C(CC[C@@H]3C2CCC2[C@@H](N)CCC[C@@]23C)/C1=C(\CCCC(C)C)C(=O)O. The van der Waals surface area contributed by atoms with E-state index in [4.69, 9.17) is 10.5 Å². The quantitative estimate of drug-likeness (QED) is 0.359. The van der Waals surface area contributed by atoms with E-state index in [1.807, 2.05) is 0 Å². The number of rotatable bonds is 6. The molecule has 0 aromatic heterocycles. The zero-order valence-corrected chi connectivity index (χ0v) is 22.1. The Balaban J connectivity index is 1.70. The van der Waals surface area contributed by atoms with Crippen LogP contribution < -0.4 is 5.73 Å². The molecule has 0 spiro atoms. The van der Waals surface area contributed by atoms with Gasteiger partial charge in [0.15, 0.2) is 0 Å². The van der Waals surface area contributed by atoms with E-state index < -0.39 is 12.1 Å². The van der Waals surface area contributed by atoms with E-state index in [1.54, 1.807) is 0 Å². The van der Waals surface area contributed by atoms with Crippen molar-refractivity contribution in [2.24, 2.45) is 46.2 Å². The maximum atomic E-state index is 12.5. The first-order valence-corrected chi connectivity index (χ1v) is 13.9. The van der Waals surface area contributed by atoms with Gasteiger partial charge in [-0.2, -0.15) is 0 Å². The van der Waals surface area contributed by atoms with Crippen LogP contribution in [-0.4, -0.2) is 29.2 Å². The van der Waals surface area contributed by atoms with Gasteiger partial charge >= 0.3 is 11.9 Å². The van der Waals surface area contributed by atoms with Crippen molar-refractivity contribution in [3.8, 4) is 0 Å². The van der Waals surface area contributed by atoms with Crippen LogP contribution in [0, 0.1) is 40.4 Å². The normalized spacial score (nSPS) is 43.0. The first kappa shape index (κ1) is 25.7. The van der Waals surface area contributed by atoms with Crippen molar-refractivity contribution in [3.63, 3.8) is 0 Å². The molecule has 0 heterocycles. The van der Waals surface area contributed by atoms with Crippen molar-refractivity contribution in [2.75, 3.05) is 0 Å². The summed E-state index contributed by atoms with van der Waals surface area (Å²) >= 11 is 0. The van der Waals surface area contributed by atoms with Gasteiger partial charge in [0, 0.05) is 18.5 Å². The van der Waals surface area contributed by atoms with E-state index in [1.165, 1.54) is 32.6 Å². The number of carbonyl (C=O) groups excluding carboxylic acids is 1. The summed E-state index contributed by atoms with van der Waals surface area (Å²) in [6, 6.07) is 0.317. The van der Waals surface area contributed by atoms with Crippen LogP contribution in [0.15, 0.2) is 11.1 Å². The first-order valence-electron chi connectivity index (χ1n) is 13.9. The van der Waals surface area contributed by atoms with Crippen molar-refractivity contribution in [3.05, 3.63) is 11.1 Å². The van der Waals surface area contributed by atoms with Gasteiger partial charge in [-0.3, -0.25) is 4.79 Å². The van der Waals surface area contributed by atoms with Crippen LogP contribution in [0.2, 0.25) is 0 Å². The fraction of sp³-hybridized carbons (Fsp3) is 0.862. The lowest BCUT2D eigenvalue weighted by molar-refractivity contribution is -0.146. The number of carboxylic acid groups (broad SMARTS) is 1. The third-order valence-corrected chi connectivity index (χ3v) is 10.6. The molecule has 0 saturated heterocycles. The topological polar surface area (TPSA) is 89.6 Å². The van der Waals surface area contributed by atoms with Crippen molar-refractivity contribution < 1.29 is 19.4 Å². The molecule has 8 atom stereocenters. The fourth-order valence-corrected chi connectivity index (χ4v) is 9.18. The van der Waals surface area contributed by atoms with E-state index in [0.717, 1.165) is 44.1 Å². The molecule has 4 saturated carbocycles. The van der Waals surface area contributed by atoms with Crippen LogP contribution >= 0.6 is 0 Å². The molecule has 192 valence electrons. The van der Waals surface area contributed by atoms with Gasteiger partial charge in [-0.25, -0.2) is 4.79 Å². The van der Waals surface area contributed by atoms with Crippen molar-refractivity contribution in [1.82, 2.24) is 0 Å². The third-order valence-electron chi connectivity index (χ3n) is 10.6. The highest BCUT2D eigenvalue weighted by Gasteiger charge is 2.63. The predicted octanol–water partition coefficient (Wildman–Crippen LogP) is 6.11. The lowest BCUT2D eigenvalue weighted by Crippen LogP contribution is -2.57. The number of carboxylic acids is 1. The highest BCUT2D eigenvalue weighted by molar-refractivity contribution is 5.88. The van der Waals surface area contributed by atoms with Crippen molar-refractivity contribution in [1.29, 1.82) is 0 Å². The number of ether oxygens (including phenoxy) is 1. The van der Waals surface area contributed by atoms with E-state index in [2.05, 4.69) is 27.7 Å². The van der Waals surface area contributed by atoms with Gasteiger partial charge in [0.1, 0.15) is 6.10 Å². The molecular weight excluding hydrogens is 426 g/mol. The number of fused-ring (bicyclic) bond motifs is 5. The molecular formula is C29H47NO4. The summed E-state index contributed by atoms with van der Waals surface area (Å²) in [6.45, 7) is 10.7. The molecule has 3 N–H and O–H groups in total. The van der Waals surface area contributed by atoms with Crippen molar-refractivity contribution >= 4 is 11.9 Å². The van der Waals surface area contributed by atoms with E-state index in [0.29, 0.717) is 41.7 Å². The molecule has 0 aromatic carbocycles. The van der Waals surface area contributed by atoms with Crippen LogP contribution in [0.4, 0.5) is 0 Å². The summed E-state index contributed by atoms with van der Waals surface area (Å²) in [5, 5.41) is 10.3. The number of hydrogen-bond donors (Lipinski definition) is 2. The maximum Gasteiger partial charge on any atom is 0.331 e. The molecule has 3 unspecified atom stereocenters. The highest BCUT2D eigenvalue weighted by atomic mass is 16.5. The Morgan fingerprint density at radius 2 is 1.71 bits per heavy atom. The summed E-state index contributed by atoms with van der Waals surface area (Å²) < 4.78 is 5.89. The molecule has 0 aliphatic heterocycles. The summed E-state index contributed by atoms with van der Waals surface area (Å²) in [6.07, 6.45) is 10.9. The van der Waals surface area contributed by atoms with Gasteiger partial charge in [0.25, 0.3) is 0 Å². The molecule has 0 amide bonds. The number of esters is 1. The minimum Gasteiger partial charge on any atom is -0.478 e. The zero-order valence-electron chi connectivity index (χ0n) is 22.1. The number of nitrogens with two attached hydrogens (primary N) is 1.